The second-order valence-corrected chi connectivity index (χ2v) is 5.06. The quantitative estimate of drug-likeness (QED) is 0.846. The first-order valence-corrected chi connectivity index (χ1v) is 7.87. The first-order valence-electron chi connectivity index (χ1n) is 4.40. The number of primary amides is 1. The monoisotopic (exact) mass is 275 g/mol. The van der Waals surface area contributed by atoms with E-state index in [4.69, 9.17) is 5.73 Å². The molecule has 1 atom stereocenters. The molecule has 0 aliphatic heterocycles. The standard InChI is InChI=1S/C7H7NO.C3H8BrP/c8-7(9)6-4-2-1-3-5-6;1-2-3-5-4/h1-5H,(H2,8,9);5H,2-3H2,1H3. The summed E-state index contributed by atoms with van der Waals surface area (Å²) < 4.78 is 0. The van der Waals surface area contributed by atoms with Crippen molar-refractivity contribution in [2.45, 2.75) is 13.3 Å². The number of hydrogen-bond acceptors (Lipinski definition) is 1. The van der Waals surface area contributed by atoms with E-state index < -0.39 is 0 Å². The van der Waals surface area contributed by atoms with Crippen molar-refractivity contribution >= 4 is 28.7 Å². The molecule has 0 bridgehead atoms. The molecule has 0 aromatic heterocycles. The molecule has 0 aliphatic carbocycles. The van der Waals surface area contributed by atoms with Gasteiger partial charge >= 0.3 is 0 Å². The zero-order valence-corrected chi connectivity index (χ0v) is 10.8. The summed E-state index contributed by atoms with van der Waals surface area (Å²) in [5, 5.41) is 0. The van der Waals surface area contributed by atoms with Crippen LogP contribution in [0.25, 0.3) is 0 Å². The molecule has 0 saturated carbocycles. The number of amides is 1. The van der Waals surface area contributed by atoms with E-state index in [-0.39, 0.29) is 5.91 Å². The van der Waals surface area contributed by atoms with Gasteiger partial charge in [0.25, 0.3) is 0 Å². The van der Waals surface area contributed by atoms with Crippen LogP contribution in [0.2, 0.25) is 0 Å². The number of carbonyl (C=O) groups is 1. The van der Waals surface area contributed by atoms with Crippen molar-refractivity contribution in [3.05, 3.63) is 35.9 Å². The predicted octanol–water partition coefficient (Wildman–Crippen LogP) is 3.17. The normalized spacial score (nSPS) is 9.57. The van der Waals surface area contributed by atoms with Crippen LogP contribution >= 0.6 is 22.8 Å². The summed E-state index contributed by atoms with van der Waals surface area (Å²) in [5.74, 6) is -0.379. The summed E-state index contributed by atoms with van der Waals surface area (Å²) in [6.07, 6.45) is 2.64. The second kappa shape index (κ2) is 9.17. The van der Waals surface area contributed by atoms with Crippen LogP contribution in [0, 0.1) is 0 Å². The molecule has 1 rings (SSSR count). The maximum absolute atomic E-state index is 10.4. The minimum absolute atomic E-state index is 0.379. The van der Waals surface area contributed by atoms with Crippen LogP contribution < -0.4 is 5.73 Å². The van der Waals surface area contributed by atoms with E-state index in [1.807, 2.05) is 6.07 Å². The van der Waals surface area contributed by atoms with Gasteiger partial charge in [0.1, 0.15) is 0 Å². The Morgan fingerprint density at radius 3 is 2.21 bits per heavy atom. The molecule has 0 aliphatic rings. The van der Waals surface area contributed by atoms with Gasteiger partial charge in [-0.05, 0) is 18.3 Å². The lowest BCUT2D eigenvalue weighted by atomic mass is 10.2. The highest BCUT2D eigenvalue weighted by molar-refractivity contribution is 9.36. The Balaban J connectivity index is 0.000000292. The minimum Gasteiger partial charge on any atom is -0.366 e. The van der Waals surface area contributed by atoms with Gasteiger partial charge in [0.15, 0.2) is 0 Å². The number of rotatable bonds is 3. The smallest absolute Gasteiger partial charge is 0.248 e. The Labute approximate surface area is 94.8 Å². The number of halogens is 1. The number of nitrogens with two attached hydrogens (primary N) is 1. The molecule has 0 radical (unpaired) electrons. The summed E-state index contributed by atoms with van der Waals surface area (Å²) >= 11 is 3.34. The number of hydrogen-bond donors (Lipinski definition) is 1. The summed E-state index contributed by atoms with van der Waals surface area (Å²) in [7, 11) is 0.970. The van der Waals surface area contributed by atoms with Crippen molar-refractivity contribution in [1.82, 2.24) is 0 Å². The molecule has 4 heteroatoms. The average Bonchev–Trinajstić information content (AvgIpc) is 2.21. The van der Waals surface area contributed by atoms with E-state index >= 15 is 0 Å². The molecule has 2 N–H and O–H groups in total. The van der Waals surface area contributed by atoms with Gasteiger partial charge in [-0.1, -0.05) is 54.3 Å². The first-order chi connectivity index (χ1) is 6.72. The van der Waals surface area contributed by atoms with Crippen molar-refractivity contribution in [2.75, 3.05) is 6.16 Å². The average molecular weight is 276 g/mol. The molecule has 0 heterocycles. The van der Waals surface area contributed by atoms with Crippen molar-refractivity contribution in [1.29, 1.82) is 0 Å². The Bertz CT molecular complexity index is 252. The van der Waals surface area contributed by atoms with Gasteiger partial charge in [0.2, 0.25) is 5.91 Å². The molecule has 1 unspecified atom stereocenters. The highest BCUT2D eigenvalue weighted by Gasteiger charge is 1.93. The van der Waals surface area contributed by atoms with Crippen molar-refractivity contribution < 1.29 is 4.79 Å². The van der Waals surface area contributed by atoms with E-state index in [2.05, 4.69) is 22.4 Å². The van der Waals surface area contributed by atoms with Crippen LogP contribution in [0.5, 0.6) is 0 Å². The molecule has 2 nitrogen and oxygen atoms in total. The van der Waals surface area contributed by atoms with Crippen LogP contribution in [0.1, 0.15) is 23.7 Å². The third-order valence-electron chi connectivity index (χ3n) is 1.40. The molecule has 14 heavy (non-hydrogen) atoms. The van der Waals surface area contributed by atoms with Gasteiger partial charge in [0.05, 0.1) is 0 Å². The third-order valence-corrected chi connectivity index (χ3v) is 3.28. The lowest BCUT2D eigenvalue weighted by molar-refractivity contribution is 0.100. The van der Waals surface area contributed by atoms with E-state index in [0.29, 0.717) is 5.56 Å². The van der Waals surface area contributed by atoms with E-state index in [9.17, 15) is 4.79 Å². The van der Waals surface area contributed by atoms with E-state index in [1.54, 1.807) is 24.3 Å². The van der Waals surface area contributed by atoms with Gasteiger partial charge in [0, 0.05) is 5.56 Å². The lowest BCUT2D eigenvalue weighted by Crippen LogP contribution is -2.09. The minimum atomic E-state index is -0.379. The fraction of sp³-hybridized carbons (Fsp3) is 0.300. The number of carbonyl (C=O) groups excluding carboxylic acids is 1. The Kier molecular flexibility index (Phi) is 8.90. The second-order valence-electron chi connectivity index (χ2n) is 2.61. The zero-order valence-electron chi connectivity index (χ0n) is 8.16. The molecule has 78 valence electrons. The summed E-state index contributed by atoms with van der Waals surface area (Å²) in [5.41, 5.74) is 5.53. The Morgan fingerprint density at radius 2 is 2.00 bits per heavy atom. The van der Waals surface area contributed by atoms with E-state index in [0.717, 1.165) is 7.28 Å². The zero-order chi connectivity index (χ0) is 10.8. The summed E-state index contributed by atoms with van der Waals surface area (Å²) in [6, 6.07) is 8.76. The van der Waals surface area contributed by atoms with Crippen molar-refractivity contribution in [3.63, 3.8) is 0 Å². The third kappa shape index (κ3) is 7.05. The molecular weight excluding hydrogens is 261 g/mol. The Morgan fingerprint density at radius 1 is 1.43 bits per heavy atom. The van der Waals surface area contributed by atoms with Crippen LogP contribution in [-0.4, -0.2) is 12.1 Å². The molecular formula is C10H15BrNOP. The van der Waals surface area contributed by atoms with Crippen molar-refractivity contribution in [2.24, 2.45) is 5.73 Å². The van der Waals surface area contributed by atoms with Crippen LogP contribution in [0.3, 0.4) is 0 Å². The maximum atomic E-state index is 10.4. The summed E-state index contributed by atoms with van der Waals surface area (Å²) in [6.45, 7) is 2.19. The SMILES string of the molecule is CCCPBr.NC(=O)c1ccccc1. The molecule has 0 saturated heterocycles. The highest BCUT2D eigenvalue weighted by atomic mass is 79.9. The van der Waals surface area contributed by atoms with Crippen LogP contribution in [0.15, 0.2) is 30.3 Å². The van der Waals surface area contributed by atoms with Gasteiger partial charge in [-0.25, -0.2) is 0 Å². The first kappa shape index (κ1) is 13.6. The lowest BCUT2D eigenvalue weighted by Gasteiger charge is -1.89. The maximum Gasteiger partial charge on any atom is 0.248 e. The number of benzene rings is 1. The Hall–Kier alpha value is -0.400. The molecule has 1 aromatic carbocycles. The van der Waals surface area contributed by atoms with Gasteiger partial charge in [-0.15, -0.1) is 0 Å². The van der Waals surface area contributed by atoms with Crippen LogP contribution in [-0.2, 0) is 0 Å². The topological polar surface area (TPSA) is 43.1 Å². The molecule has 0 spiro atoms. The van der Waals surface area contributed by atoms with Gasteiger partial charge < -0.3 is 5.73 Å². The fourth-order valence-corrected chi connectivity index (χ4v) is 2.08. The largest absolute Gasteiger partial charge is 0.366 e. The summed E-state index contributed by atoms with van der Waals surface area (Å²) in [4.78, 5) is 10.4. The molecule has 1 aromatic rings. The highest BCUT2D eigenvalue weighted by Crippen LogP contribution is 2.18. The van der Waals surface area contributed by atoms with Crippen LogP contribution in [0.4, 0.5) is 0 Å². The fourth-order valence-electron chi connectivity index (χ4n) is 0.697. The van der Waals surface area contributed by atoms with Gasteiger partial charge in [-0.2, -0.15) is 0 Å². The van der Waals surface area contributed by atoms with Gasteiger partial charge in [-0.3, -0.25) is 4.79 Å². The molecule has 1 amide bonds. The molecule has 0 fully saturated rings. The van der Waals surface area contributed by atoms with E-state index in [1.165, 1.54) is 12.6 Å². The van der Waals surface area contributed by atoms with Crippen molar-refractivity contribution in [3.8, 4) is 0 Å². The predicted molar refractivity (Wildman–Crippen MR) is 67.4 cm³/mol.